The molecule has 1 heterocycles. The minimum Gasteiger partial charge on any atom is -0.444 e. The summed E-state index contributed by atoms with van der Waals surface area (Å²) in [4.78, 5) is 28.1. The number of carbonyl (C=O) groups is 2. The number of tetrazole rings is 1. The van der Waals surface area contributed by atoms with E-state index in [-0.39, 0.29) is 24.0 Å². The van der Waals surface area contributed by atoms with Crippen molar-refractivity contribution in [2.75, 3.05) is 6.54 Å². The molecule has 4 rings (SSSR count). The van der Waals surface area contributed by atoms with Crippen LogP contribution < -0.4 is 5.32 Å². The van der Waals surface area contributed by atoms with Crippen molar-refractivity contribution in [3.8, 4) is 0 Å². The Morgan fingerprint density at radius 3 is 2.56 bits per heavy atom. The van der Waals surface area contributed by atoms with Gasteiger partial charge in [0.1, 0.15) is 5.60 Å². The molecule has 214 valence electrons. The molecule has 39 heavy (non-hydrogen) atoms. The Hall–Kier alpha value is -2.97. The maximum atomic E-state index is 14.1. The molecular formula is C30H46N6O3. The zero-order valence-electron chi connectivity index (χ0n) is 24.0. The molecule has 1 aromatic heterocycles. The Morgan fingerprint density at radius 1 is 1.05 bits per heavy atom. The van der Waals surface area contributed by atoms with Crippen LogP contribution in [0.2, 0.25) is 0 Å². The first kappa shape index (κ1) is 29.0. The number of rotatable bonds is 10. The van der Waals surface area contributed by atoms with Crippen molar-refractivity contribution in [3.63, 3.8) is 0 Å². The molecule has 9 nitrogen and oxygen atoms in total. The molecule has 0 aliphatic heterocycles. The van der Waals surface area contributed by atoms with E-state index in [0.29, 0.717) is 25.6 Å². The van der Waals surface area contributed by atoms with Crippen molar-refractivity contribution >= 4 is 12.0 Å². The summed E-state index contributed by atoms with van der Waals surface area (Å²) < 4.78 is 7.16. The number of carbonyl (C=O) groups excluding carboxylic acids is 2. The molecule has 2 aromatic rings. The Labute approximate surface area is 233 Å². The lowest BCUT2D eigenvalue weighted by Gasteiger charge is -2.38. The smallest absolute Gasteiger partial charge is 0.407 e. The van der Waals surface area contributed by atoms with Crippen LogP contribution in [0.25, 0.3) is 0 Å². The van der Waals surface area contributed by atoms with Crippen LogP contribution in [0.15, 0.2) is 30.3 Å². The number of ether oxygens (including phenoxy) is 1. The summed E-state index contributed by atoms with van der Waals surface area (Å²) in [7, 11) is 0. The summed E-state index contributed by atoms with van der Waals surface area (Å²) in [5.41, 5.74) is 0.647. The van der Waals surface area contributed by atoms with Gasteiger partial charge in [0.15, 0.2) is 5.82 Å². The van der Waals surface area contributed by atoms with Crippen LogP contribution in [0, 0.1) is 11.8 Å². The highest BCUT2D eigenvalue weighted by molar-refractivity contribution is 5.79. The van der Waals surface area contributed by atoms with Gasteiger partial charge in [-0.25, -0.2) is 9.48 Å². The molecular weight excluding hydrogens is 492 g/mol. The van der Waals surface area contributed by atoms with Crippen LogP contribution in [0.5, 0.6) is 0 Å². The van der Waals surface area contributed by atoms with Crippen molar-refractivity contribution in [3.05, 3.63) is 41.7 Å². The minimum atomic E-state index is -0.490. The summed E-state index contributed by atoms with van der Waals surface area (Å²) in [6.45, 7) is 7.26. The highest BCUT2D eigenvalue weighted by atomic mass is 16.6. The molecule has 1 N–H and O–H groups in total. The molecule has 1 unspecified atom stereocenters. The van der Waals surface area contributed by atoms with E-state index < -0.39 is 5.60 Å². The van der Waals surface area contributed by atoms with E-state index in [1.807, 2.05) is 43.7 Å². The predicted octanol–water partition coefficient (Wildman–Crippen LogP) is 5.49. The first-order valence-electron chi connectivity index (χ1n) is 14.8. The molecule has 2 amide bonds. The number of benzene rings is 1. The van der Waals surface area contributed by atoms with Gasteiger partial charge in [0.2, 0.25) is 5.91 Å². The number of alkyl carbamates (subject to hydrolysis) is 1. The lowest BCUT2D eigenvalue weighted by Crippen LogP contribution is -2.45. The molecule has 0 spiro atoms. The third-order valence-electron chi connectivity index (χ3n) is 7.98. The first-order valence-corrected chi connectivity index (χ1v) is 14.8. The van der Waals surface area contributed by atoms with E-state index in [1.165, 1.54) is 19.3 Å². The zero-order valence-corrected chi connectivity index (χ0v) is 24.0. The van der Waals surface area contributed by atoms with Gasteiger partial charge in [-0.1, -0.05) is 62.4 Å². The summed E-state index contributed by atoms with van der Waals surface area (Å²) in [5, 5.41) is 15.4. The van der Waals surface area contributed by atoms with Crippen molar-refractivity contribution < 1.29 is 14.3 Å². The van der Waals surface area contributed by atoms with E-state index in [1.54, 1.807) is 0 Å². The molecule has 2 aliphatic rings. The fraction of sp³-hybridized carbons (Fsp3) is 0.700. The predicted molar refractivity (Wildman–Crippen MR) is 150 cm³/mol. The quantitative estimate of drug-likeness (QED) is 0.401. The van der Waals surface area contributed by atoms with Crippen molar-refractivity contribution in [2.24, 2.45) is 11.8 Å². The second-order valence-corrected chi connectivity index (χ2v) is 12.3. The molecule has 2 aliphatic carbocycles. The van der Waals surface area contributed by atoms with Crippen molar-refractivity contribution in [2.45, 2.75) is 116 Å². The zero-order chi connectivity index (χ0) is 27.7. The number of hydrogen-bond donors (Lipinski definition) is 1. The third kappa shape index (κ3) is 9.04. The molecule has 0 bridgehead atoms. The average molecular weight is 539 g/mol. The number of amides is 2. The lowest BCUT2D eigenvalue weighted by atomic mass is 9.78. The fourth-order valence-electron chi connectivity index (χ4n) is 6.06. The van der Waals surface area contributed by atoms with Gasteiger partial charge in [-0.3, -0.25) is 4.79 Å². The Bertz CT molecular complexity index is 1040. The van der Waals surface area contributed by atoms with E-state index in [2.05, 4.69) is 37.9 Å². The van der Waals surface area contributed by atoms with Crippen LogP contribution in [-0.4, -0.2) is 55.3 Å². The van der Waals surface area contributed by atoms with Gasteiger partial charge in [-0.15, -0.1) is 5.10 Å². The summed E-state index contributed by atoms with van der Waals surface area (Å²) in [5.74, 6) is 1.57. The van der Waals surface area contributed by atoms with Crippen molar-refractivity contribution in [1.29, 1.82) is 0 Å². The summed E-state index contributed by atoms with van der Waals surface area (Å²) >= 11 is 0. The number of nitrogens with one attached hydrogen (secondary N) is 1. The van der Waals surface area contributed by atoms with Crippen molar-refractivity contribution in [1.82, 2.24) is 30.4 Å². The van der Waals surface area contributed by atoms with Crippen LogP contribution in [0.4, 0.5) is 4.79 Å². The Morgan fingerprint density at radius 2 is 1.82 bits per heavy atom. The van der Waals surface area contributed by atoms with Crippen LogP contribution in [0.3, 0.4) is 0 Å². The summed E-state index contributed by atoms with van der Waals surface area (Å²) in [6.07, 6.45) is 11.3. The average Bonchev–Trinajstić information content (AvgIpc) is 3.36. The Kier molecular flexibility index (Phi) is 10.3. The normalized spacial score (nSPS) is 20.4. The van der Waals surface area contributed by atoms with Gasteiger partial charge in [0.05, 0.1) is 13.1 Å². The Balaban J connectivity index is 1.35. The maximum Gasteiger partial charge on any atom is 0.407 e. The van der Waals surface area contributed by atoms with Crippen LogP contribution in [-0.2, 0) is 22.6 Å². The molecule has 9 heteroatoms. The second kappa shape index (κ2) is 13.9. The molecule has 2 saturated carbocycles. The third-order valence-corrected chi connectivity index (χ3v) is 7.98. The van der Waals surface area contributed by atoms with E-state index in [4.69, 9.17) is 4.74 Å². The van der Waals surface area contributed by atoms with Crippen LogP contribution in [0.1, 0.15) is 103 Å². The highest BCUT2D eigenvalue weighted by Gasteiger charge is 2.34. The summed E-state index contributed by atoms with van der Waals surface area (Å²) in [6, 6.07) is 10.4. The standard InChI is InChI=1S/C30H46N6O3/c1-30(2,3)39-29(38)31-19-11-15-23-14-10-16-25(20-23)28(37)35(26-17-8-5-9-18-26)22-27-32-33-34-36(27)21-24-12-6-4-7-13-24/h4,6-7,12-13,23,25-26H,5,8-11,14-22H2,1-3H3,(H,31,38)/t23-,25?/m0/s1. The highest BCUT2D eigenvalue weighted by Crippen LogP contribution is 2.35. The number of nitrogens with zero attached hydrogens (tertiary/aromatic N) is 5. The molecule has 0 saturated heterocycles. The minimum absolute atomic E-state index is 0.0444. The molecule has 2 fully saturated rings. The molecule has 0 radical (unpaired) electrons. The van der Waals surface area contributed by atoms with Gasteiger partial charge in [-0.2, -0.15) is 0 Å². The van der Waals surface area contributed by atoms with Crippen LogP contribution >= 0.6 is 0 Å². The first-order chi connectivity index (χ1) is 18.8. The van der Waals surface area contributed by atoms with Gasteiger partial charge in [0.25, 0.3) is 0 Å². The van der Waals surface area contributed by atoms with E-state index in [0.717, 1.165) is 62.8 Å². The second-order valence-electron chi connectivity index (χ2n) is 12.3. The van der Waals surface area contributed by atoms with Gasteiger partial charge < -0.3 is 15.0 Å². The molecule has 1 aromatic carbocycles. The van der Waals surface area contributed by atoms with E-state index in [9.17, 15) is 9.59 Å². The SMILES string of the molecule is CC(C)(C)OC(=O)NCCC[C@@H]1CCCC(C(=O)N(Cc2nnnn2Cc2ccccc2)C2CCCCC2)C1. The topological polar surface area (TPSA) is 102 Å². The monoisotopic (exact) mass is 538 g/mol. The van der Waals surface area contributed by atoms with Gasteiger partial charge in [-0.05, 0) is 81.2 Å². The van der Waals surface area contributed by atoms with Gasteiger partial charge in [0, 0.05) is 18.5 Å². The molecule has 2 atom stereocenters. The fourth-order valence-corrected chi connectivity index (χ4v) is 6.06. The number of hydrogen-bond acceptors (Lipinski definition) is 6. The van der Waals surface area contributed by atoms with E-state index >= 15 is 0 Å². The van der Waals surface area contributed by atoms with Gasteiger partial charge >= 0.3 is 6.09 Å². The lowest BCUT2D eigenvalue weighted by molar-refractivity contribution is -0.141. The maximum absolute atomic E-state index is 14.1. The largest absolute Gasteiger partial charge is 0.444 e. The number of aromatic nitrogens is 4.